The number of nitrogens with zero attached hydrogens (tertiary/aromatic N) is 2. The van der Waals surface area contributed by atoms with Gasteiger partial charge in [0.25, 0.3) is 0 Å². The molecule has 1 aliphatic heterocycles. The summed E-state index contributed by atoms with van der Waals surface area (Å²) in [6.07, 6.45) is -2.47. The fraction of sp³-hybridized carbons (Fsp3) is 0.619. The fourth-order valence-corrected chi connectivity index (χ4v) is 0.955. The average Bonchev–Trinajstić information content (AvgIpc) is 3.16. The van der Waals surface area contributed by atoms with Gasteiger partial charge in [0.15, 0.2) is 6.19 Å². The second kappa shape index (κ2) is 31.8. The third-order valence-electron chi connectivity index (χ3n) is 2.41. The van der Waals surface area contributed by atoms with Gasteiger partial charge in [-0.1, -0.05) is 12.6 Å². The van der Waals surface area contributed by atoms with Gasteiger partial charge >= 0.3 is 12.1 Å². The Morgan fingerprint density at radius 3 is 1.44 bits per heavy atom. The molecule has 0 unspecified atom stereocenters. The number of carbonyl (C=O) groups excluding carboxylic acids is 6. The molecule has 0 saturated heterocycles. The molecule has 228 valence electrons. The molecule has 0 fully saturated rings. The molecule has 0 radical (unpaired) electrons. The van der Waals surface area contributed by atoms with E-state index in [1.807, 2.05) is 12.2 Å². The molecule has 0 aromatic carbocycles. The van der Waals surface area contributed by atoms with Crippen molar-refractivity contribution < 1.29 is 52.0 Å². The van der Waals surface area contributed by atoms with Crippen LogP contribution in [0.2, 0.25) is 0 Å². The Kier molecular flexibility index (Phi) is 39.0. The molecule has 0 aromatic heterocycles. The van der Waals surface area contributed by atoms with Crippen molar-refractivity contribution in [3.63, 3.8) is 0 Å². The molecule has 39 heavy (non-hydrogen) atoms. The molecule has 5 amide bonds. The molecule has 0 spiro atoms. The molecule has 18 heteroatoms. The fourth-order valence-electron chi connectivity index (χ4n) is 0.955. The summed E-state index contributed by atoms with van der Waals surface area (Å²) in [5.41, 5.74) is 2.14. The topological polar surface area (TPSA) is 228 Å². The maximum Gasteiger partial charge on any atom is 0.405 e. The highest BCUT2D eigenvalue weighted by molar-refractivity contribution is 6.00. The summed E-state index contributed by atoms with van der Waals surface area (Å²) in [5.74, 6) is -1.64. The van der Waals surface area contributed by atoms with Crippen molar-refractivity contribution in [2.45, 2.75) is 68.5 Å². The number of nitrogens with one attached hydrogen (secondary N) is 5. The molecule has 0 bridgehead atoms. The molecule has 0 aliphatic carbocycles. The number of carbonyl (C=O) groups is 6. The van der Waals surface area contributed by atoms with Crippen LogP contribution in [0.3, 0.4) is 0 Å². The lowest BCUT2D eigenvalue weighted by atomic mass is 10.3. The molecule has 1 aliphatic rings. The summed E-state index contributed by atoms with van der Waals surface area (Å²) in [4.78, 5) is 63.0. The number of nitriles is 1. The van der Waals surface area contributed by atoms with Crippen LogP contribution < -0.4 is 26.7 Å². The second-order valence-electron chi connectivity index (χ2n) is 6.35. The predicted molar refractivity (Wildman–Crippen MR) is 134 cm³/mol. The van der Waals surface area contributed by atoms with Crippen molar-refractivity contribution in [2.24, 2.45) is 5.16 Å². The summed E-state index contributed by atoms with van der Waals surface area (Å²) < 4.78 is 33.6. The van der Waals surface area contributed by atoms with Gasteiger partial charge in [-0.25, -0.2) is 10.3 Å². The molecular formula is C21H40F3N7O8. The Morgan fingerprint density at radius 1 is 0.974 bits per heavy atom. The average molecular weight is 576 g/mol. The van der Waals surface area contributed by atoms with Gasteiger partial charge in [0.05, 0.1) is 12.1 Å². The van der Waals surface area contributed by atoms with Crippen LogP contribution in [0.25, 0.3) is 0 Å². The molecule has 1 rings (SSSR count). The Labute approximate surface area is 225 Å². The van der Waals surface area contributed by atoms with Gasteiger partial charge in [-0.15, -0.1) is 0 Å². The normalized spacial score (nSPS) is 9.82. The first-order valence-electron chi connectivity index (χ1n) is 10.3. The summed E-state index contributed by atoms with van der Waals surface area (Å²) in [5, 5.41) is 27.0. The molecule has 15 nitrogen and oxygen atoms in total. The lowest BCUT2D eigenvalue weighted by Gasteiger charge is -2.04. The third kappa shape index (κ3) is 79.0. The molecule has 1 heterocycles. The number of alkyl halides is 3. The van der Waals surface area contributed by atoms with Gasteiger partial charge in [-0.2, -0.15) is 18.4 Å². The van der Waals surface area contributed by atoms with E-state index in [4.69, 9.17) is 10.5 Å². The highest BCUT2D eigenvalue weighted by Gasteiger charge is 2.26. The van der Waals surface area contributed by atoms with Crippen LogP contribution in [-0.4, -0.2) is 72.7 Å². The minimum absolute atomic E-state index is 0. The maximum absolute atomic E-state index is 11.2. The standard InChI is InChI=1S/C4H6F3NO.C4H5NO2.C4H9NO.C3H4N2O.C3H7NO.C2H5NO2.CH4/c1-3(9)8-2-4(5,6)7;1-3-2-4(6)7-5-3;1-3-5-4(2)6;1-3(6)5-2-4;1-3(5)4-2;1-2(4)3-5;/h2H2,1H3,(H,8,9);2H2,1H3;3H2,1-2H3,(H,5,6);1H3,(H,5,6);1-2H3,(H,4,5);5H,1H3,(H,3,4);1H4. The van der Waals surface area contributed by atoms with Crippen LogP contribution in [0, 0.1) is 11.5 Å². The zero-order valence-corrected chi connectivity index (χ0v) is 22.5. The van der Waals surface area contributed by atoms with Crippen LogP contribution in [0.4, 0.5) is 13.2 Å². The molecule has 0 saturated carbocycles. The van der Waals surface area contributed by atoms with Gasteiger partial charge in [-0.05, 0) is 13.8 Å². The predicted octanol–water partition coefficient (Wildman–Crippen LogP) is 0.640. The van der Waals surface area contributed by atoms with Crippen LogP contribution in [0.5, 0.6) is 0 Å². The van der Waals surface area contributed by atoms with Gasteiger partial charge in [0.1, 0.15) is 6.54 Å². The Bertz CT molecular complexity index is 785. The lowest BCUT2D eigenvalue weighted by Crippen LogP contribution is -2.31. The maximum atomic E-state index is 11.2. The number of hydrogen-bond donors (Lipinski definition) is 6. The number of rotatable bonds is 2. The first-order chi connectivity index (χ1) is 17.3. The van der Waals surface area contributed by atoms with Crippen molar-refractivity contribution in [3.05, 3.63) is 0 Å². The SMILES string of the molecule is C.CC(=O)NC#N.CC(=O)NCC(F)(F)F.CC(=O)NO.CC1=NOC(=O)C1.CCNC(C)=O.CNC(C)=O. The smallest absolute Gasteiger partial charge is 0.359 e. The summed E-state index contributed by atoms with van der Waals surface area (Å²) in [7, 11) is 1.60. The van der Waals surface area contributed by atoms with Gasteiger partial charge in [0, 0.05) is 48.2 Å². The number of halogens is 3. The van der Waals surface area contributed by atoms with Crippen LogP contribution in [0.15, 0.2) is 5.16 Å². The summed E-state index contributed by atoms with van der Waals surface area (Å²) in [6, 6.07) is 0. The van der Waals surface area contributed by atoms with E-state index in [2.05, 4.69) is 20.6 Å². The van der Waals surface area contributed by atoms with Gasteiger partial charge in [0.2, 0.25) is 29.5 Å². The minimum Gasteiger partial charge on any atom is -0.359 e. The largest absolute Gasteiger partial charge is 0.405 e. The van der Waals surface area contributed by atoms with E-state index in [1.165, 1.54) is 39.4 Å². The summed E-state index contributed by atoms with van der Waals surface area (Å²) >= 11 is 0. The van der Waals surface area contributed by atoms with Crippen LogP contribution >= 0.6 is 0 Å². The molecule has 0 atom stereocenters. The first kappa shape index (κ1) is 47.9. The van der Waals surface area contributed by atoms with E-state index in [0.717, 1.165) is 19.2 Å². The number of amides is 5. The van der Waals surface area contributed by atoms with Crippen molar-refractivity contribution >= 4 is 41.2 Å². The van der Waals surface area contributed by atoms with E-state index >= 15 is 0 Å². The Hall–Kier alpha value is -4.27. The van der Waals surface area contributed by atoms with Crippen molar-refractivity contribution in [2.75, 3.05) is 20.1 Å². The molecular weight excluding hydrogens is 535 g/mol. The summed E-state index contributed by atoms with van der Waals surface area (Å²) in [6.45, 7) is 9.64. The number of hydroxylamine groups is 1. The minimum atomic E-state index is -4.30. The lowest BCUT2D eigenvalue weighted by molar-refractivity contribution is -0.140. The van der Waals surface area contributed by atoms with Crippen LogP contribution in [-0.2, 0) is 33.6 Å². The highest BCUT2D eigenvalue weighted by Crippen LogP contribution is 2.11. The quantitative estimate of drug-likeness (QED) is 0.0891. The highest BCUT2D eigenvalue weighted by atomic mass is 19.4. The van der Waals surface area contributed by atoms with E-state index in [1.54, 1.807) is 19.3 Å². The van der Waals surface area contributed by atoms with Gasteiger partial charge < -0.3 is 20.8 Å². The first-order valence-corrected chi connectivity index (χ1v) is 10.3. The zero-order chi connectivity index (χ0) is 31.3. The number of hydrogen-bond acceptors (Lipinski definition) is 10. The third-order valence-corrected chi connectivity index (χ3v) is 2.41. The van der Waals surface area contributed by atoms with E-state index in [0.29, 0.717) is 6.42 Å². The molecule has 0 aromatic rings. The Balaban J connectivity index is -0.0000000845. The monoisotopic (exact) mass is 575 g/mol. The van der Waals surface area contributed by atoms with E-state index in [9.17, 15) is 41.9 Å². The van der Waals surface area contributed by atoms with Crippen molar-refractivity contribution in [1.29, 1.82) is 5.26 Å². The Morgan fingerprint density at radius 2 is 1.38 bits per heavy atom. The second-order valence-corrected chi connectivity index (χ2v) is 6.35. The van der Waals surface area contributed by atoms with E-state index < -0.39 is 24.5 Å². The van der Waals surface area contributed by atoms with Crippen molar-refractivity contribution in [3.8, 4) is 6.19 Å². The molecule has 6 N–H and O–H groups in total. The number of oxime groups is 1. The zero-order valence-electron chi connectivity index (χ0n) is 22.5. The van der Waals surface area contributed by atoms with Crippen LogP contribution in [0.1, 0.15) is 62.3 Å². The van der Waals surface area contributed by atoms with Gasteiger partial charge in [-0.3, -0.25) is 34.5 Å². The van der Waals surface area contributed by atoms with E-state index in [-0.39, 0.29) is 31.1 Å². The van der Waals surface area contributed by atoms with Crippen molar-refractivity contribution in [1.82, 2.24) is 26.7 Å².